The average Bonchev–Trinajstić information content (AvgIpc) is 3.87. The normalized spacial score (nSPS) is 11.6. The third-order valence-electron chi connectivity index (χ3n) is 10.4. The van der Waals surface area contributed by atoms with Gasteiger partial charge in [0.1, 0.15) is 5.52 Å². The molecule has 8 aromatic carbocycles. The van der Waals surface area contributed by atoms with Gasteiger partial charge >= 0.3 is 0 Å². The Balaban J connectivity index is 1.18. The van der Waals surface area contributed by atoms with E-state index in [0.717, 1.165) is 70.8 Å². The number of benzene rings is 8. The molecule has 5 nitrogen and oxygen atoms in total. The van der Waals surface area contributed by atoms with Crippen LogP contribution in [0.5, 0.6) is 0 Å². The molecule has 3 aromatic heterocycles. The highest BCUT2D eigenvalue weighted by Gasteiger charge is 2.24. The Morgan fingerprint density at radius 3 is 1.68 bits per heavy atom. The average molecular weight is 735 g/mol. The molecule has 0 spiro atoms. The summed E-state index contributed by atoms with van der Waals surface area (Å²) < 4.78 is 8.89. The number of oxazole rings is 1. The van der Waals surface area contributed by atoms with E-state index in [-0.39, 0.29) is 0 Å². The molecule has 0 unspecified atom stereocenters. The Morgan fingerprint density at radius 2 is 0.946 bits per heavy atom. The van der Waals surface area contributed by atoms with Crippen LogP contribution in [0.15, 0.2) is 186 Å². The van der Waals surface area contributed by atoms with Crippen LogP contribution in [0.3, 0.4) is 0 Å². The molecule has 11 aromatic rings. The van der Waals surface area contributed by atoms with Crippen LogP contribution in [-0.4, -0.2) is 19.9 Å². The first-order valence-electron chi connectivity index (χ1n) is 18.5. The van der Waals surface area contributed by atoms with E-state index in [2.05, 4.69) is 140 Å². The largest absolute Gasteiger partial charge is 0.436 e. The molecule has 11 rings (SSSR count). The summed E-state index contributed by atoms with van der Waals surface area (Å²) in [6.07, 6.45) is 0. The summed E-state index contributed by atoms with van der Waals surface area (Å²) in [6, 6.07) is 62.8. The van der Waals surface area contributed by atoms with Crippen LogP contribution < -0.4 is 0 Å². The smallest absolute Gasteiger partial charge is 0.227 e. The molecule has 0 amide bonds. The van der Waals surface area contributed by atoms with Gasteiger partial charge in [-0.3, -0.25) is 0 Å². The molecule has 0 aliphatic carbocycles. The molecule has 56 heavy (non-hydrogen) atoms. The Hall–Kier alpha value is -7.28. The summed E-state index contributed by atoms with van der Waals surface area (Å²) in [5.41, 5.74) is 9.37. The Labute approximate surface area is 326 Å². The van der Waals surface area contributed by atoms with E-state index in [1.807, 2.05) is 42.5 Å². The van der Waals surface area contributed by atoms with Crippen LogP contribution in [0.4, 0.5) is 0 Å². The number of thiophene rings is 1. The van der Waals surface area contributed by atoms with Crippen LogP contribution >= 0.6 is 11.3 Å². The maximum Gasteiger partial charge on any atom is 0.227 e. The van der Waals surface area contributed by atoms with E-state index < -0.39 is 0 Å². The van der Waals surface area contributed by atoms with Gasteiger partial charge in [-0.05, 0) is 69.4 Å². The highest BCUT2D eigenvalue weighted by molar-refractivity contribution is 7.26. The van der Waals surface area contributed by atoms with E-state index in [9.17, 15) is 0 Å². The summed E-state index contributed by atoms with van der Waals surface area (Å²) in [7, 11) is 0. The molecule has 0 bridgehead atoms. The predicted molar refractivity (Wildman–Crippen MR) is 230 cm³/mol. The lowest BCUT2D eigenvalue weighted by atomic mass is 9.95. The lowest BCUT2D eigenvalue weighted by molar-refractivity contribution is 0.620. The van der Waals surface area contributed by atoms with Gasteiger partial charge in [0, 0.05) is 36.9 Å². The number of hydrogen-bond acceptors (Lipinski definition) is 6. The van der Waals surface area contributed by atoms with Crippen molar-refractivity contribution in [3.8, 4) is 67.9 Å². The van der Waals surface area contributed by atoms with Crippen LogP contribution in [0.25, 0.3) is 110 Å². The van der Waals surface area contributed by atoms with Crippen molar-refractivity contribution in [1.82, 2.24) is 19.9 Å². The summed E-state index contributed by atoms with van der Waals surface area (Å²) in [5, 5.41) is 4.49. The van der Waals surface area contributed by atoms with E-state index in [4.69, 9.17) is 24.4 Å². The fourth-order valence-corrected chi connectivity index (χ4v) is 8.84. The highest BCUT2D eigenvalue weighted by Crippen LogP contribution is 2.45. The van der Waals surface area contributed by atoms with Crippen LogP contribution in [0.1, 0.15) is 0 Å². The summed E-state index contributed by atoms with van der Waals surface area (Å²) in [4.78, 5) is 21.1. The van der Waals surface area contributed by atoms with Crippen molar-refractivity contribution in [2.45, 2.75) is 0 Å². The van der Waals surface area contributed by atoms with Crippen molar-refractivity contribution < 1.29 is 4.42 Å². The minimum Gasteiger partial charge on any atom is -0.436 e. The molecule has 262 valence electrons. The molecule has 0 saturated heterocycles. The minimum absolute atomic E-state index is 0.543. The number of aromatic nitrogens is 4. The molecule has 0 aliphatic rings. The second-order valence-electron chi connectivity index (χ2n) is 13.8. The van der Waals surface area contributed by atoms with E-state index in [1.54, 1.807) is 11.3 Å². The molecule has 0 N–H and O–H groups in total. The first kappa shape index (κ1) is 32.2. The van der Waals surface area contributed by atoms with Gasteiger partial charge in [0.05, 0.1) is 5.56 Å². The Morgan fingerprint density at radius 1 is 0.393 bits per heavy atom. The highest BCUT2D eigenvalue weighted by atomic mass is 32.1. The maximum absolute atomic E-state index is 6.67. The summed E-state index contributed by atoms with van der Waals surface area (Å²) >= 11 is 1.73. The van der Waals surface area contributed by atoms with Crippen molar-refractivity contribution in [3.63, 3.8) is 0 Å². The van der Waals surface area contributed by atoms with Crippen molar-refractivity contribution in [2.75, 3.05) is 0 Å². The minimum atomic E-state index is 0.543. The molecule has 0 atom stereocenters. The van der Waals surface area contributed by atoms with Gasteiger partial charge in [0.2, 0.25) is 5.89 Å². The van der Waals surface area contributed by atoms with Crippen LogP contribution in [-0.2, 0) is 0 Å². The predicted octanol–water partition coefficient (Wildman–Crippen LogP) is 13.5. The van der Waals surface area contributed by atoms with E-state index in [1.165, 1.54) is 4.70 Å². The first-order chi connectivity index (χ1) is 27.7. The fourth-order valence-electron chi connectivity index (χ4n) is 7.62. The topological polar surface area (TPSA) is 64.7 Å². The zero-order valence-electron chi connectivity index (χ0n) is 29.9. The quantitative estimate of drug-likeness (QED) is 0.170. The first-order valence-corrected chi connectivity index (χ1v) is 19.4. The van der Waals surface area contributed by atoms with Crippen molar-refractivity contribution in [2.24, 2.45) is 0 Å². The van der Waals surface area contributed by atoms with Gasteiger partial charge in [-0.1, -0.05) is 146 Å². The maximum atomic E-state index is 6.67. The number of fused-ring (bicyclic) bond motifs is 5. The van der Waals surface area contributed by atoms with Crippen molar-refractivity contribution in [3.05, 3.63) is 182 Å². The van der Waals surface area contributed by atoms with Gasteiger partial charge in [-0.2, -0.15) is 0 Å². The SMILES string of the molecule is c1ccc(-c2ccc(-c3nc4c(-c5nc(-c6ccccc6)nc(-c6cc7ccccc7cc6-c6ccccc6)n5)c5sc6ccccc6c5cc4o3)cc2)cc1. The molecule has 6 heteroatoms. The van der Waals surface area contributed by atoms with Gasteiger partial charge in [-0.25, -0.2) is 19.9 Å². The van der Waals surface area contributed by atoms with E-state index in [0.29, 0.717) is 34.5 Å². The number of hydrogen-bond donors (Lipinski definition) is 0. The molecule has 0 saturated carbocycles. The second kappa shape index (κ2) is 13.2. The monoisotopic (exact) mass is 734 g/mol. The summed E-state index contributed by atoms with van der Waals surface area (Å²) in [6.45, 7) is 0. The molecule has 3 heterocycles. The molecular weight excluding hydrogens is 705 g/mol. The number of rotatable bonds is 6. The van der Waals surface area contributed by atoms with Crippen LogP contribution in [0, 0.1) is 0 Å². The molecule has 0 fully saturated rings. The van der Waals surface area contributed by atoms with Crippen molar-refractivity contribution in [1.29, 1.82) is 0 Å². The third kappa shape index (κ3) is 5.54. The van der Waals surface area contributed by atoms with Gasteiger partial charge in [0.25, 0.3) is 0 Å². The second-order valence-corrected chi connectivity index (χ2v) is 14.9. The van der Waals surface area contributed by atoms with E-state index >= 15 is 0 Å². The van der Waals surface area contributed by atoms with Crippen molar-refractivity contribution >= 4 is 53.4 Å². The Kier molecular flexibility index (Phi) is 7.60. The molecule has 0 aliphatic heterocycles. The Bertz CT molecular complexity index is 3230. The fraction of sp³-hybridized carbons (Fsp3) is 0. The zero-order chi connectivity index (χ0) is 37.0. The van der Waals surface area contributed by atoms with Gasteiger partial charge in [0.15, 0.2) is 23.1 Å². The van der Waals surface area contributed by atoms with Crippen LogP contribution in [0.2, 0.25) is 0 Å². The third-order valence-corrected chi connectivity index (χ3v) is 11.6. The van der Waals surface area contributed by atoms with Gasteiger partial charge < -0.3 is 4.42 Å². The molecule has 0 radical (unpaired) electrons. The lowest BCUT2D eigenvalue weighted by Crippen LogP contribution is -2.02. The summed E-state index contributed by atoms with van der Waals surface area (Å²) in [5.74, 6) is 2.26. The lowest BCUT2D eigenvalue weighted by Gasteiger charge is -2.14. The molecular formula is C50H30N4OS. The number of nitrogens with zero attached hydrogens (tertiary/aromatic N) is 4. The standard InChI is InChI=1S/C50H30N4OS/c1-4-14-31(15-5-1)32-24-26-35(27-25-32)50-51-45-42(55-50)30-40-38-22-12-13-23-43(38)56-46(40)44(45)49-53-47(34-18-8-3-9-19-34)52-48(54-49)41-29-37-21-11-10-20-36(37)28-39(41)33-16-6-2-7-17-33/h1-30H. The van der Waals surface area contributed by atoms with Gasteiger partial charge in [-0.15, -0.1) is 11.3 Å². The zero-order valence-corrected chi connectivity index (χ0v) is 30.7.